The van der Waals surface area contributed by atoms with Gasteiger partial charge in [0.2, 0.25) is 0 Å². The maximum atomic E-state index is 12.3. The summed E-state index contributed by atoms with van der Waals surface area (Å²) in [6.07, 6.45) is 2.52. The lowest BCUT2D eigenvalue weighted by atomic mass is 9.97. The smallest absolute Gasteiger partial charge is 0.280 e. The van der Waals surface area contributed by atoms with Crippen molar-refractivity contribution in [1.82, 2.24) is 0 Å². The Bertz CT molecular complexity index is 1140. The Hall–Kier alpha value is -3.17. The van der Waals surface area contributed by atoms with E-state index in [1.807, 2.05) is 24.3 Å². The van der Waals surface area contributed by atoms with Gasteiger partial charge in [0, 0.05) is 10.9 Å². The van der Waals surface area contributed by atoms with Crippen LogP contribution in [-0.2, 0) is 20.9 Å². The van der Waals surface area contributed by atoms with Crippen molar-refractivity contribution in [2.24, 2.45) is 16.5 Å². The Morgan fingerprint density at radius 1 is 1.19 bits per heavy atom. The number of hydrogen-bond donors (Lipinski definition) is 2. The summed E-state index contributed by atoms with van der Waals surface area (Å²) < 4.78 is 32.9. The van der Waals surface area contributed by atoms with Gasteiger partial charge in [-0.1, -0.05) is 12.1 Å². The molecule has 1 heterocycles. The molecular formula is C18H17N3O5S. The molecule has 1 amide bonds. The lowest BCUT2D eigenvalue weighted by Crippen LogP contribution is -2.24. The van der Waals surface area contributed by atoms with Crippen LogP contribution in [0.4, 0.5) is 0 Å². The van der Waals surface area contributed by atoms with Crippen molar-refractivity contribution in [3.63, 3.8) is 0 Å². The lowest BCUT2D eigenvalue weighted by molar-refractivity contribution is 0.100. The van der Waals surface area contributed by atoms with E-state index in [-0.39, 0.29) is 18.1 Å². The molecule has 8 nitrogen and oxygen atoms in total. The number of nitrogens with two attached hydrogens (primary N) is 2. The van der Waals surface area contributed by atoms with E-state index < -0.39 is 16.0 Å². The van der Waals surface area contributed by atoms with Gasteiger partial charge in [-0.25, -0.2) is 0 Å². The van der Waals surface area contributed by atoms with Crippen LogP contribution in [-0.4, -0.2) is 26.5 Å². The molecule has 0 aliphatic rings. The zero-order valence-electron chi connectivity index (χ0n) is 14.4. The molecule has 0 saturated carbocycles. The van der Waals surface area contributed by atoms with Crippen LogP contribution in [0.5, 0.6) is 0 Å². The van der Waals surface area contributed by atoms with E-state index in [0.29, 0.717) is 16.7 Å². The van der Waals surface area contributed by atoms with Crippen LogP contribution < -0.4 is 11.5 Å². The summed E-state index contributed by atoms with van der Waals surface area (Å²) in [4.78, 5) is 15.8. The van der Waals surface area contributed by atoms with Crippen LogP contribution >= 0.6 is 0 Å². The summed E-state index contributed by atoms with van der Waals surface area (Å²) in [5, 5.41) is 0.846. The van der Waals surface area contributed by atoms with Gasteiger partial charge in [-0.2, -0.15) is 13.4 Å². The van der Waals surface area contributed by atoms with Crippen molar-refractivity contribution >= 4 is 33.0 Å². The molecule has 4 N–H and O–H groups in total. The molecule has 1 aromatic heterocycles. The topological polar surface area (TPSA) is 138 Å². The summed E-state index contributed by atoms with van der Waals surface area (Å²) >= 11 is 0. The van der Waals surface area contributed by atoms with E-state index in [0.717, 1.165) is 17.2 Å². The molecule has 0 atom stereocenters. The highest BCUT2D eigenvalue weighted by Gasteiger charge is 2.13. The molecule has 3 rings (SSSR count). The zero-order valence-corrected chi connectivity index (χ0v) is 15.2. The summed E-state index contributed by atoms with van der Waals surface area (Å²) in [6.45, 7) is -0.226. The second-order valence-electron chi connectivity index (χ2n) is 5.86. The van der Waals surface area contributed by atoms with E-state index in [1.54, 1.807) is 18.4 Å². The molecular weight excluding hydrogens is 370 g/mol. The second kappa shape index (κ2) is 7.22. The van der Waals surface area contributed by atoms with Crippen LogP contribution in [0.2, 0.25) is 0 Å². The van der Waals surface area contributed by atoms with Gasteiger partial charge in [-0.3, -0.25) is 8.98 Å². The zero-order chi connectivity index (χ0) is 19.6. The lowest BCUT2D eigenvalue weighted by Gasteiger charge is -2.10. The predicted molar refractivity (Wildman–Crippen MR) is 101 cm³/mol. The Kier molecular flexibility index (Phi) is 4.98. The summed E-state index contributed by atoms with van der Waals surface area (Å²) in [5.41, 5.74) is 13.4. The number of guanidine groups is 1. The standard InChI is InChI=1S/C18H17N3O5S/c1-27(23,24)26-10-11-7-12(9-13(8-11)17(22)21-18(19)20)14-3-2-4-16-15(14)5-6-25-16/h2-9H,10H2,1H3,(H4,19,20,21,22). The normalized spacial score (nSPS) is 11.4. The molecule has 0 aliphatic heterocycles. The van der Waals surface area contributed by atoms with E-state index in [1.165, 1.54) is 6.07 Å². The predicted octanol–water partition coefficient (Wildman–Crippen LogP) is 1.99. The molecule has 140 valence electrons. The van der Waals surface area contributed by atoms with E-state index in [9.17, 15) is 13.2 Å². The van der Waals surface area contributed by atoms with Gasteiger partial charge in [0.05, 0.1) is 19.1 Å². The van der Waals surface area contributed by atoms with Gasteiger partial charge in [0.1, 0.15) is 5.58 Å². The van der Waals surface area contributed by atoms with Gasteiger partial charge in [-0.05, 0) is 47.0 Å². The van der Waals surface area contributed by atoms with Gasteiger partial charge >= 0.3 is 0 Å². The fourth-order valence-electron chi connectivity index (χ4n) is 2.66. The first kappa shape index (κ1) is 18.6. The van der Waals surface area contributed by atoms with Crippen molar-refractivity contribution < 1.29 is 21.8 Å². The number of furan rings is 1. The molecule has 2 aromatic carbocycles. The number of benzene rings is 2. The molecule has 0 saturated heterocycles. The molecule has 0 aliphatic carbocycles. The quantitative estimate of drug-likeness (QED) is 0.388. The summed E-state index contributed by atoms with van der Waals surface area (Å²) in [5.74, 6) is -1.01. The maximum Gasteiger partial charge on any atom is 0.280 e. The third kappa shape index (κ3) is 4.52. The SMILES string of the molecule is CS(=O)(=O)OCc1cc(C(=O)N=C(N)N)cc(-c2cccc3occc23)c1. The molecule has 0 unspecified atom stereocenters. The first-order valence-corrected chi connectivity index (χ1v) is 9.63. The largest absolute Gasteiger partial charge is 0.464 e. The first-order valence-electron chi connectivity index (χ1n) is 7.82. The number of hydrogen-bond acceptors (Lipinski definition) is 5. The van der Waals surface area contributed by atoms with Crippen molar-refractivity contribution in [1.29, 1.82) is 0 Å². The minimum atomic E-state index is -3.65. The molecule has 0 bridgehead atoms. The highest BCUT2D eigenvalue weighted by Crippen LogP contribution is 2.31. The Morgan fingerprint density at radius 3 is 2.67 bits per heavy atom. The minimum absolute atomic E-state index is 0.202. The number of amides is 1. The van der Waals surface area contributed by atoms with Crippen molar-refractivity contribution in [2.75, 3.05) is 6.26 Å². The monoisotopic (exact) mass is 387 g/mol. The summed E-state index contributed by atoms with van der Waals surface area (Å²) in [7, 11) is -3.65. The van der Waals surface area contributed by atoms with Crippen molar-refractivity contribution in [3.05, 3.63) is 59.9 Å². The second-order valence-corrected chi connectivity index (χ2v) is 7.51. The van der Waals surface area contributed by atoms with Crippen molar-refractivity contribution in [2.45, 2.75) is 6.61 Å². The van der Waals surface area contributed by atoms with Crippen LogP contribution in [0.1, 0.15) is 15.9 Å². The highest BCUT2D eigenvalue weighted by molar-refractivity contribution is 7.85. The minimum Gasteiger partial charge on any atom is -0.464 e. The van der Waals surface area contributed by atoms with E-state index >= 15 is 0 Å². The number of fused-ring (bicyclic) bond motifs is 1. The van der Waals surface area contributed by atoms with Crippen LogP contribution in [0.3, 0.4) is 0 Å². The Balaban J connectivity index is 2.13. The summed E-state index contributed by atoms with van der Waals surface area (Å²) in [6, 6.07) is 12.2. The van der Waals surface area contributed by atoms with Crippen LogP contribution in [0.25, 0.3) is 22.1 Å². The van der Waals surface area contributed by atoms with Crippen LogP contribution in [0, 0.1) is 0 Å². The first-order chi connectivity index (χ1) is 12.7. The molecule has 0 radical (unpaired) electrons. The van der Waals surface area contributed by atoms with Gasteiger partial charge in [0.25, 0.3) is 16.0 Å². The Labute approximate surface area is 155 Å². The molecule has 0 spiro atoms. The molecule has 0 fully saturated rings. The maximum absolute atomic E-state index is 12.3. The number of carbonyl (C=O) groups is 1. The van der Waals surface area contributed by atoms with E-state index in [4.69, 9.17) is 20.1 Å². The van der Waals surface area contributed by atoms with Gasteiger partial charge in [0.15, 0.2) is 5.96 Å². The highest BCUT2D eigenvalue weighted by atomic mass is 32.2. The fourth-order valence-corrected chi connectivity index (χ4v) is 3.01. The third-order valence-corrected chi connectivity index (χ3v) is 4.26. The Morgan fingerprint density at radius 2 is 1.96 bits per heavy atom. The molecule has 3 aromatic rings. The number of rotatable bonds is 5. The average molecular weight is 387 g/mol. The number of aliphatic imine (C=N–C) groups is 1. The molecule has 27 heavy (non-hydrogen) atoms. The fraction of sp³-hybridized carbons (Fsp3) is 0.111. The van der Waals surface area contributed by atoms with Gasteiger partial charge in [-0.15, -0.1) is 0 Å². The molecule has 9 heteroatoms. The number of nitrogens with zero attached hydrogens (tertiary/aromatic N) is 1. The van der Waals surface area contributed by atoms with Crippen LogP contribution in [0.15, 0.2) is 58.1 Å². The average Bonchev–Trinajstić information content (AvgIpc) is 3.07. The van der Waals surface area contributed by atoms with Gasteiger partial charge < -0.3 is 15.9 Å². The number of carbonyl (C=O) groups excluding carboxylic acids is 1. The third-order valence-electron chi connectivity index (χ3n) is 3.72. The van der Waals surface area contributed by atoms with Crippen molar-refractivity contribution in [3.8, 4) is 11.1 Å². The van der Waals surface area contributed by atoms with E-state index in [2.05, 4.69) is 4.99 Å².